The molecule has 0 spiro atoms. The van der Waals surface area contributed by atoms with E-state index in [9.17, 15) is 0 Å². The number of hydrogen-bond acceptors (Lipinski definition) is 5. The van der Waals surface area contributed by atoms with Crippen LogP contribution in [0.5, 0.6) is 0 Å². The first kappa shape index (κ1) is 10.5. The molecule has 0 atom stereocenters. The van der Waals surface area contributed by atoms with Crippen LogP contribution in [0.15, 0.2) is 27.5 Å². The molecule has 8 heteroatoms. The Bertz CT molecular complexity index is 482. The van der Waals surface area contributed by atoms with Gasteiger partial charge < -0.3 is 0 Å². The van der Waals surface area contributed by atoms with Gasteiger partial charge in [-0.05, 0) is 31.9 Å². The third-order valence-corrected chi connectivity index (χ3v) is 2.59. The predicted molar refractivity (Wildman–Crippen MR) is 62.4 cm³/mol. The Morgan fingerprint density at radius 2 is 2.13 bits per heavy atom. The number of aromatic nitrogens is 4. The fourth-order valence-electron chi connectivity index (χ4n) is 1.01. The molecule has 6 nitrogen and oxygen atoms in total. The first-order chi connectivity index (χ1) is 7.20. The summed E-state index contributed by atoms with van der Waals surface area (Å²) in [6, 6.07) is 0. The van der Waals surface area contributed by atoms with Crippen LogP contribution in [-0.2, 0) is 0 Å². The average molecular weight is 334 g/mol. The van der Waals surface area contributed by atoms with E-state index in [0.29, 0.717) is 11.8 Å². The second-order valence-corrected chi connectivity index (χ2v) is 4.38. The summed E-state index contributed by atoms with van der Waals surface area (Å²) in [4.78, 5) is 8.10. The average Bonchev–Trinajstić information content (AvgIpc) is 2.65. The minimum absolute atomic E-state index is 0.333. The van der Waals surface area contributed by atoms with Gasteiger partial charge in [0.1, 0.15) is 0 Å². The Morgan fingerprint density at radius 3 is 2.73 bits per heavy atom. The Morgan fingerprint density at radius 1 is 1.33 bits per heavy atom. The van der Waals surface area contributed by atoms with E-state index in [0.717, 1.165) is 8.95 Å². The molecule has 0 aromatic carbocycles. The fraction of sp³-hybridized carbons (Fsp3) is 0. The zero-order valence-corrected chi connectivity index (χ0v) is 10.5. The molecule has 0 radical (unpaired) electrons. The molecule has 0 bridgehead atoms. The third-order valence-electron chi connectivity index (χ3n) is 1.62. The first-order valence-electron chi connectivity index (χ1n) is 3.90. The van der Waals surface area contributed by atoms with Crippen LogP contribution in [0.1, 0.15) is 0 Å². The number of nitrogens with zero attached hydrogens (tertiary/aromatic N) is 4. The smallest absolute Gasteiger partial charge is 0.239 e. The molecule has 15 heavy (non-hydrogen) atoms. The number of nitrogens with one attached hydrogen (secondary N) is 1. The van der Waals surface area contributed by atoms with E-state index in [1.54, 1.807) is 23.3 Å². The molecule has 0 aliphatic heterocycles. The SMILES string of the molecule is NNc1ncc(Br)c(-n2cc(Br)cn2)n1. The van der Waals surface area contributed by atoms with Crippen molar-refractivity contribution < 1.29 is 0 Å². The largest absolute Gasteiger partial charge is 0.292 e. The lowest BCUT2D eigenvalue weighted by Crippen LogP contribution is -2.12. The minimum atomic E-state index is 0.333. The molecule has 0 amide bonds. The van der Waals surface area contributed by atoms with E-state index < -0.39 is 0 Å². The zero-order valence-electron chi connectivity index (χ0n) is 7.35. The Hall–Kier alpha value is -0.990. The topological polar surface area (TPSA) is 81.6 Å². The highest BCUT2D eigenvalue weighted by Gasteiger charge is 2.07. The molecule has 2 rings (SSSR count). The van der Waals surface area contributed by atoms with Crippen LogP contribution < -0.4 is 11.3 Å². The normalized spacial score (nSPS) is 10.3. The lowest BCUT2D eigenvalue weighted by atomic mass is 10.6. The van der Waals surface area contributed by atoms with Crippen molar-refractivity contribution in [2.45, 2.75) is 0 Å². The maximum Gasteiger partial charge on any atom is 0.239 e. The highest BCUT2D eigenvalue weighted by molar-refractivity contribution is 9.10. The summed E-state index contributed by atoms with van der Waals surface area (Å²) in [6.45, 7) is 0. The molecule has 0 aliphatic rings. The van der Waals surface area contributed by atoms with Crippen molar-refractivity contribution in [3.05, 3.63) is 27.5 Å². The van der Waals surface area contributed by atoms with E-state index >= 15 is 0 Å². The molecule has 0 unspecified atom stereocenters. The minimum Gasteiger partial charge on any atom is -0.292 e. The molecular weight excluding hydrogens is 328 g/mol. The van der Waals surface area contributed by atoms with Crippen LogP contribution in [0.4, 0.5) is 5.95 Å². The quantitative estimate of drug-likeness (QED) is 0.642. The highest BCUT2D eigenvalue weighted by Crippen LogP contribution is 2.19. The molecule has 0 saturated heterocycles. The third kappa shape index (κ3) is 2.16. The summed E-state index contributed by atoms with van der Waals surface area (Å²) in [6.07, 6.45) is 5.06. The van der Waals surface area contributed by atoms with Gasteiger partial charge in [0.15, 0.2) is 5.82 Å². The van der Waals surface area contributed by atoms with Gasteiger partial charge in [-0.2, -0.15) is 10.1 Å². The monoisotopic (exact) mass is 332 g/mol. The first-order valence-corrected chi connectivity index (χ1v) is 5.49. The maximum atomic E-state index is 5.22. The van der Waals surface area contributed by atoms with Crippen LogP contribution >= 0.6 is 31.9 Å². The fourth-order valence-corrected chi connectivity index (χ4v) is 1.66. The standard InChI is InChI=1S/C7H6Br2N6/c8-4-1-12-15(3-4)6-5(9)2-11-7(13-6)14-10/h1-3H,10H2,(H,11,13,14). The van der Waals surface area contributed by atoms with Crippen molar-refractivity contribution in [2.75, 3.05) is 5.43 Å². The lowest BCUT2D eigenvalue weighted by molar-refractivity contribution is 0.834. The molecular formula is C7H6Br2N6. The van der Waals surface area contributed by atoms with E-state index in [-0.39, 0.29) is 0 Å². The van der Waals surface area contributed by atoms with Gasteiger partial charge in [0.05, 0.1) is 15.1 Å². The van der Waals surface area contributed by atoms with Crippen molar-refractivity contribution in [3.63, 3.8) is 0 Å². The van der Waals surface area contributed by atoms with E-state index in [1.807, 2.05) is 0 Å². The van der Waals surface area contributed by atoms with E-state index in [1.165, 1.54) is 0 Å². The second kappa shape index (κ2) is 4.25. The zero-order chi connectivity index (χ0) is 10.8. The van der Waals surface area contributed by atoms with Crippen LogP contribution in [0.25, 0.3) is 5.82 Å². The predicted octanol–water partition coefficient (Wildman–Crippen LogP) is 1.47. The molecule has 78 valence electrons. The number of anilines is 1. The Balaban J connectivity index is 2.51. The van der Waals surface area contributed by atoms with Gasteiger partial charge in [-0.1, -0.05) is 0 Å². The summed E-state index contributed by atoms with van der Waals surface area (Å²) in [5.74, 6) is 6.17. The van der Waals surface area contributed by atoms with Gasteiger partial charge in [-0.3, -0.25) is 5.43 Å². The van der Waals surface area contributed by atoms with Gasteiger partial charge >= 0.3 is 0 Å². The van der Waals surface area contributed by atoms with Crippen molar-refractivity contribution in [3.8, 4) is 5.82 Å². The highest BCUT2D eigenvalue weighted by atomic mass is 79.9. The molecule has 0 aliphatic carbocycles. The number of hydrogen-bond donors (Lipinski definition) is 2. The molecule has 0 saturated carbocycles. The Labute approximate surface area is 102 Å². The van der Waals surface area contributed by atoms with Crippen molar-refractivity contribution >= 4 is 37.8 Å². The second-order valence-electron chi connectivity index (χ2n) is 2.61. The van der Waals surface area contributed by atoms with Gasteiger partial charge in [-0.25, -0.2) is 15.5 Å². The van der Waals surface area contributed by atoms with E-state index in [2.05, 4.69) is 52.4 Å². The van der Waals surface area contributed by atoms with Crippen LogP contribution in [-0.4, -0.2) is 19.7 Å². The van der Waals surface area contributed by atoms with Gasteiger partial charge in [0, 0.05) is 12.4 Å². The van der Waals surface area contributed by atoms with Crippen molar-refractivity contribution in [1.82, 2.24) is 19.7 Å². The van der Waals surface area contributed by atoms with E-state index in [4.69, 9.17) is 5.84 Å². The van der Waals surface area contributed by atoms with Crippen LogP contribution in [0, 0.1) is 0 Å². The summed E-state index contributed by atoms with van der Waals surface area (Å²) < 4.78 is 3.21. The van der Waals surface area contributed by atoms with Crippen molar-refractivity contribution in [1.29, 1.82) is 0 Å². The molecule has 2 aromatic heterocycles. The number of nitrogen functional groups attached to an aromatic ring is 1. The molecule has 0 fully saturated rings. The molecule has 3 N–H and O–H groups in total. The van der Waals surface area contributed by atoms with Crippen LogP contribution in [0.3, 0.4) is 0 Å². The number of hydrazine groups is 1. The van der Waals surface area contributed by atoms with Gasteiger partial charge in [-0.15, -0.1) is 0 Å². The van der Waals surface area contributed by atoms with Gasteiger partial charge in [0.2, 0.25) is 5.95 Å². The van der Waals surface area contributed by atoms with Gasteiger partial charge in [0.25, 0.3) is 0 Å². The number of halogens is 2. The molecule has 2 heterocycles. The lowest BCUT2D eigenvalue weighted by Gasteiger charge is -2.04. The molecule has 2 aromatic rings. The number of nitrogens with two attached hydrogens (primary N) is 1. The Kier molecular flexibility index (Phi) is 2.98. The van der Waals surface area contributed by atoms with Crippen molar-refractivity contribution in [2.24, 2.45) is 5.84 Å². The summed E-state index contributed by atoms with van der Waals surface area (Å²) >= 11 is 6.64. The summed E-state index contributed by atoms with van der Waals surface area (Å²) in [7, 11) is 0. The number of rotatable bonds is 2. The maximum absolute atomic E-state index is 5.22. The summed E-state index contributed by atoms with van der Waals surface area (Å²) in [5, 5.41) is 4.10. The summed E-state index contributed by atoms with van der Waals surface area (Å²) in [5.41, 5.74) is 2.38. The van der Waals surface area contributed by atoms with Crippen LogP contribution in [0.2, 0.25) is 0 Å².